The van der Waals surface area contributed by atoms with E-state index in [0.29, 0.717) is 6.07 Å². The average molecular weight is 366 g/mol. The van der Waals surface area contributed by atoms with Crippen molar-refractivity contribution in [2.45, 2.75) is 6.18 Å². The molecule has 2 heterocycles. The summed E-state index contributed by atoms with van der Waals surface area (Å²) in [5.41, 5.74) is -3.46. The van der Waals surface area contributed by atoms with Gasteiger partial charge in [-0.1, -0.05) is 0 Å². The zero-order valence-corrected chi connectivity index (χ0v) is 11.9. The van der Waals surface area contributed by atoms with Gasteiger partial charge in [0.15, 0.2) is 0 Å². The van der Waals surface area contributed by atoms with Crippen LogP contribution in [0.5, 0.6) is 5.75 Å². The van der Waals surface area contributed by atoms with E-state index in [1.54, 1.807) is 0 Å². The maximum Gasteiger partial charge on any atom is 0.421 e. The molecule has 0 radical (unpaired) electrons. The number of methoxy groups -OCH3 is 1. The van der Waals surface area contributed by atoms with Crippen molar-refractivity contribution in [2.75, 3.05) is 7.11 Å². The lowest BCUT2D eigenvalue weighted by atomic mass is 10.2. The van der Waals surface area contributed by atoms with Crippen molar-refractivity contribution in [3.63, 3.8) is 0 Å². The van der Waals surface area contributed by atoms with Crippen LogP contribution in [-0.4, -0.2) is 21.9 Å². The number of hydrogen-bond donors (Lipinski definition) is 1. The number of pyridine rings is 1. The van der Waals surface area contributed by atoms with Gasteiger partial charge in [-0.2, -0.15) is 23.0 Å². The highest BCUT2D eigenvalue weighted by Crippen LogP contribution is 2.26. The van der Waals surface area contributed by atoms with Crippen LogP contribution < -0.4 is 15.9 Å². The van der Waals surface area contributed by atoms with Crippen molar-refractivity contribution in [3.05, 3.63) is 49.1 Å². The van der Waals surface area contributed by atoms with Gasteiger partial charge in [0.2, 0.25) is 5.75 Å². The molecule has 0 amide bonds. The summed E-state index contributed by atoms with van der Waals surface area (Å²) in [7, 11) is 1.25. The molecule has 0 atom stereocenters. The normalized spacial score (nSPS) is 11.5. The number of ether oxygens (including phenoxy) is 1. The second kappa shape index (κ2) is 5.35. The second-order valence-electron chi connectivity index (χ2n) is 3.83. The summed E-state index contributed by atoms with van der Waals surface area (Å²) in [5.74, 6) is -0.297. The number of alkyl halides is 3. The molecule has 0 aliphatic rings. The molecular weight excluding hydrogens is 359 g/mol. The summed E-state index contributed by atoms with van der Waals surface area (Å²) in [6.45, 7) is 0. The maximum atomic E-state index is 12.5. The van der Waals surface area contributed by atoms with Crippen LogP contribution in [0.15, 0.2) is 32.4 Å². The smallest absolute Gasteiger partial charge is 0.421 e. The van der Waals surface area contributed by atoms with Crippen LogP contribution in [0.4, 0.5) is 13.2 Å². The number of nitrogens with one attached hydrogen (secondary N) is 1. The Bertz CT molecular complexity index is 798. The van der Waals surface area contributed by atoms with Crippen LogP contribution in [0, 0.1) is 0 Å². The fourth-order valence-corrected chi connectivity index (χ4v) is 2.01. The first-order chi connectivity index (χ1) is 9.75. The van der Waals surface area contributed by atoms with Crippen molar-refractivity contribution in [3.8, 4) is 11.6 Å². The van der Waals surface area contributed by atoms with Crippen molar-refractivity contribution in [1.29, 1.82) is 0 Å². The van der Waals surface area contributed by atoms with Gasteiger partial charge in [-0.05, 0) is 28.1 Å². The topological polar surface area (TPSA) is 77.0 Å². The molecule has 10 heteroatoms. The molecule has 2 rings (SSSR count). The van der Waals surface area contributed by atoms with Gasteiger partial charge in [0.1, 0.15) is 11.4 Å². The minimum Gasteiger partial charge on any atom is -0.490 e. The lowest BCUT2D eigenvalue weighted by molar-refractivity contribution is -0.138. The Morgan fingerprint density at radius 2 is 2.00 bits per heavy atom. The molecule has 0 saturated heterocycles. The quantitative estimate of drug-likeness (QED) is 0.878. The molecule has 0 fully saturated rings. The Kier molecular flexibility index (Phi) is 3.90. The fraction of sp³-hybridized carbons (Fsp3) is 0.182. The summed E-state index contributed by atoms with van der Waals surface area (Å²) in [4.78, 5) is 25.4. The highest BCUT2D eigenvalue weighted by atomic mass is 79.9. The summed E-state index contributed by atoms with van der Waals surface area (Å²) >= 11 is 3.04. The van der Waals surface area contributed by atoms with Gasteiger partial charge in [-0.25, -0.2) is 0 Å². The molecule has 1 N–H and O–H groups in total. The van der Waals surface area contributed by atoms with E-state index in [9.17, 15) is 22.8 Å². The zero-order chi connectivity index (χ0) is 15.8. The minimum absolute atomic E-state index is 0.0919. The maximum absolute atomic E-state index is 12.5. The first-order valence-electron chi connectivity index (χ1n) is 5.38. The molecule has 112 valence electrons. The van der Waals surface area contributed by atoms with E-state index < -0.39 is 22.9 Å². The van der Waals surface area contributed by atoms with Gasteiger partial charge < -0.3 is 9.72 Å². The van der Waals surface area contributed by atoms with E-state index in [2.05, 4.69) is 21.0 Å². The minimum atomic E-state index is -4.78. The standard InChI is InChI=1S/C11H7BrF3N3O3/c1-21-8-6(12)4-16-18(10(8)20)7-3-2-5(9(19)17-7)11(13,14)15/h2-4H,1H3,(H,17,19). The third-order valence-corrected chi connectivity index (χ3v) is 3.09. The molecule has 0 aliphatic carbocycles. The van der Waals surface area contributed by atoms with Crippen LogP contribution in [0.3, 0.4) is 0 Å². The first kappa shape index (κ1) is 15.3. The third-order valence-electron chi connectivity index (χ3n) is 2.52. The predicted octanol–water partition coefficient (Wildman–Crippen LogP) is 1.71. The second-order valence-corrected chi connectivity index (χ2v) is 4.68. The molecule has 6 nitrogen and oxygen atoms in total. The van der Waals surface area contributed by atoms with Gasteiger partial charge in [0, 0.05) is 0 Å². The van der Waals surface area contributed by atoms with Gasteiger partial charge >= 0.3 is 11.7 Å². The number of rotatable bonds is 2. The number of hydrogen-bond acceptors (Lipinski definition) is 4. The zero-order valence-electron chi connectivity index (χ0n) is 10.4. The third kappa shape index (κ3) is 2.84. The molecule has 0 bridgehead atoms. The number of H-pyrrole nitrogens is 1. The van der Waals surface area contributed by atoms with E-state index in [0.717, 1.165) is 10.7 Å². The molecule has 2 aromatic heterocycles. The summed E-state index contributed by atoms with van der Waals surface area (Å²) in [6, 6.07) is 1.52. The molecule has 0 saturated carbocycles. The lowest BCUT2D eigenvalue weighted by Crippen LogP contribution is -2.27. The van der Waals surface area contributed by atoms with Crippen molar-refractivity contribution < 1.29 is 17.9 Å². The SMILES string of the molecule is COc1c(Br)cnn(-c2ccc(C(F)(F)F)c(=O)[nH]2)c1=O. The molecule has 0 aliphatic heterocycles. The van der Waals surface area contributed by atoms with Crippen molar-refractivity contribution in [1.82, 2.24) is 14.8 Å². The van der Waals surface area contributed by atoms with Crippen LogP contribution in [0.1, 0.15) is 5.56 Å². The van der Waals surface area contributed by atoms with Gasteiger partial charge in [-0.3, -0.25) is 9.59 Å². The molecule has 0 aromatic carbocycles. The van der Waals surface area contributed by atoms with Crippen LogP contribution in [-0.2, 0) is 6.18 Å². The molecule has 0 unspecified atom stereocenters. The highest BCUT2D eigenvalue weighted by Gasteiger charge is 2.34. The Hall–Kier alpha value is -2.10. The van der Waals surface area contributed by atoms with E-state index >= 15 is 0 Å². The molecule has 2 aromatic rings. The summed E-state index contributed by atoms with van der Waals surface area (Å²) in [5, 5.41) is 3.72. The van der Waals surface area contributed by atoms with Gasteiger partial charge in [0.05, 0.1) is 17.8 Å². The number of aromatic amines is 1. The predicted molar refractivity (Wildman–Crippen MR) is 69.7 cm³/mol. The van der Waals surface area contributed by atoms with Crippen molar-refractivity contribution in [2.24, 2.45) is 0 Å². The number of nitrogens with zero attached hydrogens (tertiary/aromatic N) is 2. The van der Waals surface area contributed by atoms with Crippen LogP contribution >= 0.6 is 15.9 Å². The number of halogens is 4. The monoisotopic (exact) mass is 365 g/mol. The fourth-order valence-electron chi connectivity index (χ4n) is 1.58. The van der Waals surface area contributed by atoms with Crippen LogP contribution in [0.2, 0.25) is 0 Å². The Morgan fingerprint density at radius 3 is 2.52 bits per heavy atom. The molecule has 21 heavy (non-hydrogen) atoms. The Morgan fingerprint density at radius 1 is 1.33 bits per heavy atom. The van der Waals surface area contributed by atoms with Gasteiger partial charge in [0.25, 0.3) is 5.56 Å². The average Bonchev–Trinajstić information content (AvgIpc) is 2.37. The Labute approximate surface area is 123 Å². The molecular formula is C11H7BrF3N3O3. The lowest BCUT2D eigenvalue weighted by Gasteiger charge is -2.09. The Balaban J connectivity index is 2.62. The van der Waals surface area contributed by atoms with Crippen LogP contribution in [0.25, 0.3) is 5.82 Å². The number of aromatic nitrogens is 3. The van der Waals surface area contributed by atoms with Crippen molar-refractivity contribution >= 4 is 15.9 Å². The van der Waals surface area contributed by atoms with E-state index in [1.165, 1.54) is 13.3 Å². The van der Waals surface area contributed by atoms with E-state index in [4.69, 9.17) is 4.74 Å². The van der Waals surface area contributed by atoms with Gasteiger partial charge in [-0.15, -0.1) is 0 Å². The van der Waals surface area contributed by atoms with E-state index in [1.807, 2.05) is 4.98 Å². The summed E-state index contributed by atoms with van der Waals surface area (Å²) < 4.78 is 43.4. The largest absolute Gasteiger partial charge is 0.490 e. The molecule has 0 spiro atoms. The summed E-state index contributed by atoms with van der Waals surface area (Å²) in [6.07, 6.45) is -3.56. The first-order valence-corrected chi connectivity index (χ1v) is 6.17. The highest BCUT2D eigenvalue weighted by molar-refractivity contribution is 9.10. The van der Waals surface area contributed by atoms with E-state index in [-0.39, 0.29) is 16.0 Å².